The van der Waals surface area contributed by atoms with Gasteiger partial charge in [-0.05, 0) is 48.9 Å². The number of thioether (sulfide) groups is 1. The number of nitro benzene ring substituents is 1. The van der Waals surface area contributed by atoms with E-state index < -0.39 is 10.9 Å². The molecule has 0 spiro atoms. The molecule has 8 nitrogen and oxygen atoms in total. The van der Waals surface area contributed by atoms with E-state index in [9.17, 15) is 24.8 Å². The number of aromatic carboxylic acids is 1. The molecule has 2 heterocycles. The third-order valence-corrected chi connectivity index (χ3v) is 6.06. The van der Waals surface area contributed by atoms with E-state index in [1.807, 2.05) is 0 Å². The number of carboxylic acids is 1. The van der Waals surface area contributed by atoms with Crippen LogP contribution in [0.1, 0.15) is 21.7 Å². The normalized spacial score (nSPS) is 14.9. The number of carboxylic acid groups (broad SMARTS) is 1. The molecule has 1 aromatic heterocycles. The van der Waals surface area contributed by atoms with Crippen molar-refractivity contribution in [2.75, 3.05) is 4.90 Å². The summed E-state index contributed by atoms with van der Waals surface area (Å²) in [6.45, 7) is 1.77. The first-order chi connectivity index (χ1) is 15.2. The Bertz CT molecular complexity index is 1310. The van der Waals surface area contributed by atoms with E-state index in [1.54, 1.807) is 43.3 Å². The maximum absolute atomic E-state index is 13.0. The van der Waals surface area contributed by atoms with Crippen molar-refractivity contribution in [1.82, 2.24) is 0 Å². The van der Waals surface area contributed by atoms with Crippen LogP contribution in [0.25, 0.3) is 17.4 Å². The van der Waals surface area contributed by atoms with Gasteiger partial charge in [-0.15, -0.1) is 0 Å². The van der Waals surface area contributed by atoms with Gasteiger partial charge in [-0.2, -0.15) is 0 Å². The Morgan fingerprint density at radius 3 is 2.56 bits per heavy atom. The number of nitrogens with zero attached hydrogens (tertiary/aromatic N) is 2. The average Bonchev–Trinajstić information content (AvgIpc) is 3.33. The number of carbonyl (C=O) groups excluding carboxylic acids is 1. The fraction of sp³-hybridized carbons (Fsp3) is 0.0455. The van der Waals surface area contributed by atoms with Gasteiger partial charge >= 0.3 is 5.97 Å². The maximum atomic E-state index is 13.0. The summed E-state index contributed by atoms with van der Waals surface area (Å²) in [6.07, 6.45) is 1.56. The summed E-state index contributed by atoms with van der Waals surface area (Å²) in [5.74, 6) is -0.568. The highest BCUT2D eigenvalue weighted by molar-refractivity contribution is 8.27. The fourth-order valence-corrected chi connectivity index (χ4v) is 4.39. The van der Waals surface area contributed by atoms with E-state index in [1.165, 1.54) is 29.2 Å². The van der Waals surface area contributed by atoms with Gasteiger partial charge in [0, 0.05) is 23.8 Å². The first-order valence-corrected chi connectivity index (χ1v) is 10.4. The van der Waals surface area contributed by atoms with Crippen molar-refractivity contribution < 1.29 is 24.0 Å². The average molecular weight is 466 g/mol. The Morgan fingerprint density at radius 2 is 1.91 bits per heavy atom. The fourth-order valence-electron chi connectivity index (χ4n) is 3.12. The largest absolute Gasteiger partial charge is 0.478 e. The monoisotopic (exact) mass is 466 g/mol. The Balaban J connectivity index is 1.61. The van der Waals surface area contributed by atoms with Gasteiger partial charge in [0.2, 0.25) is 0 Å². The van der Waals surface area contributed by atoms with Crippen LogP contribution in [0.2, 0.25) is 0 Å². The number of aryl methyl sites for hydroxylation is 1. The molecular weight excluding hydrogens is 452 g/mol. The highest BCUT2D eigenvalue weighted by atomic mass is 32.2. The van der Waals surface area contributed by atoms with Crippen molar-refractivity contribution in [3.8, 4) is 11.3 Å². The van der Waals surface area contributed by atoms with Crippen LogP contribution in [-0.4, -0.2) is 26.2 Å². The van der Waals surface area contributed by atoms with Gasteiger partial charge in [-0.3, -0.25) is 19.8 Å². The van der Waals surface area contributed by atoms with E-state index >= 15 is 0 Å². The van der Waals surface area contributed by atoms with Crippen LogP contribution in [0.3, 0.4) is 0 Å². The molecule has 32 heavy (non-hydrogen) atoms. The lowest BCUT2D eigenvalue weighted by atomic mass is 10.1. The molecule has 0 saturated carbocycles. The van der Waals surface area contributed by atoms with Crippen molar-refractivity contribution in [3.63, 3.8) is 0 Å². The predicted molar refractivity (Wildman–Crippen MR) is 125 cm³/mol. The van der Waals surface area contributed by atoms with Crippen molar-refractivity contribution >= 4 is 57.6 Å². The second-order valence-corrected chi connectivity index (χ2v) is 8.51. The Morgan fingerprint density at radius 1 is 1.19 bits per heavy atom. The summed E-state index contributed by atoms with van der Waals surface area (Å²) in [5.41, 5.74) is 1.82. The van der Waals surface area contributed by atoms with Gasteiger partial charge in [0.05, 0.1) is 21.1 Å². The van der Waals surface area contributed by atoms with Crippen LogP contribution in [0.4, 0.5) is 11.4 Å². The van der Waals surface area contributed by atoms with E-state index in [0.29, 0.717) is 33.2 Å². The molecule has 0 unspecified atom stereocenters. The molecule has 4 rings (SSSR count). The Hall–Kier alpha value is -3.76. The van der Waals surface area contributed by atoms with Crippen molar-refractivity contribution in [3.05, 3.63) is 86.5 Å². The summed E-state index contributed by atoms with van der Waals surface area (Å²) < 4.78 is 6.07. The summed E-state index contributed by atoms with van der Waals surface area (Å²) >= 11 is 6.46. The van der Waals surface area contributed by atoms with E-state index in [-0.39, 0.29) is 21.5 Å². The number of anilines is 1. The molecule has 1 amide bonds. The zero-order valence-electron chi connectivity index (χ0n) is 16.5. The van der Waals surface area contributed by atoms with E-state index in [0.717, 1.165) is 11.8 Å². The first kappa shape index (κ1) is 21.5. The Kier molecular flexibility index (Phi) is 5.64. The van der Waals surface area contributed by atoms with Gasteiger partial charge in [-0.1, -0.05) is 30.0 Å². The predicted octanol–water partition coefficient (Wildman–Crippen LogP) is 5.27. The number of rotatable bonds is 5. The highest BCUT2D eigenvalue weighted by Crippen LogP contribution is 2.38. The molecule has 0 radical (unpaired) electrons. The minimum Gasteiger partial charge on any atom is -0.478 e. The number of furan rings is 1. The van der Waals surface area contributed by atoms with Gasteiger partial charge < -0.3 is 9.52 Å². The zero-order chi connectivity index (χ0) is 23.0. The second-order valence-electron chi connectivity index (χ2n) is 6.83. The van der Waals surface area contributed by atoms with Gasteiger partial charge in [0.1, 0.15) is 11.5 Å². The minimum atomic E-state index is -1.10. The molecule has 0 atom stereocenters. The molecule has 1 fully saturated rings. The molecule has 1 N–H and O–H groups in total. The third-order valence-electron chi connectivity index (χ3n) is 4.75. The molecular formula is C22H14N2O6S2. The number of thiocarbonyl (C=S) groups is 1. The summed E-state index contributed by atoms with van der Waals surface area (Å²) in [7, 11) is 0. The topological polar surface area (TPSA) is 114 Å². The number of hydrogen-bond donors (Lipinski definition) is 1. The molecule has 0 bridgehead atoms. The van der Waals surface area contributed by atoms with E-state index in [4.69, 9.17) is 16.6 Å². The SMILES string of the molecule is Cc1ccc(C(=O)O)cc1N1C(=O)/C(=C\c2ccc(-c3ccc([N+](=O)[O-])cc3)o2)SC1=S. The van der Waals surface area contributed by atoms with Gasteiger partial charge in [-0.25, -0.2) is 4.79 Å². The third kappa shape index (κ3) is 4.05. The zero-order valence-corrected chi connectivity index (χ0v) is 18.1. The number of carbonyl (C=O) groups is 2. The van der Waals surface area contributed by atoms with Crippen LogP contribution >= 0.6 is 24.0 Å². The quantitative estimate of drug-likeness (QED) is 0.234. The van der Waals surface area contributed by atoms with Crippen LogP contribution < -0.4 is 4.90 Å². The molecule has 160 valence electrons. The number of benzene rings is 2. The smallest absolute Gasteiger partial charge is 0.335 e. The number of non-ortho nitro benzene ring substituents is 1. The Labute approximate surface area is 191 Å². The molecule has 1 aliphatic heterocycles. The standard InChI is InChI=1S/C22H14N2O6S2/c1-12-2-3-14(21(26)27)10-17(12)23-20(25)19(32-22(23)31)11-16-8-9-18(30-16)13-4-6-15(7-5-13)24(28)29/h2-11H,1H3,(H,26,27)/b19-11+. The second kappa shape index (κ2) is 8.40. The number of hydrogen-bond acceptors (Lipinski definition) is 7. The van der Waals surface area contributed by atoms with Crippen molar-refractivity contribution in [2.24, 2.45) is 0 Å². The molecule has 1 saturated heterocycles. The van der Waals surface area contributed by atoms with Crippen LogP contribution in [0, 0.1) is 17.0 Å². The van der Waals surface area contributed by atoms with Crippen molar-refractivity contribution in [1.29, 1.82) is 0 Å². The lowest BCUT2D eigenvalue weighted by Gasteiger charge is -2.17. The summed E-state index contributed by atoms with van der Waals surface area (Å²) in [6, 6.07) is 13.8. The van der Waals surface area contributed by atoms with Crippen LogP contribution in [0.15, 0.2) is 63.9 Å². The first-order valence-electron chi connectivity index (χ1n) is 9.21. The van der Waals surface area contributed by atoms with Crippen molar-refractivity contribution in [2.45, 2.75) is 6.92 Å². The van der Waals surface area contributed by atoms with Gasteiger partial charge in [0.15, 0.2) is 4.32 Å². The van der Waals surface area contributed by atoms with Gasteiger partial charge in [0.25, 0.3) is 11.6 Å². The molecule has 1 aliphatic rings. The molecule has 2 aromatic carbocycles. The molecule has 3 aromatic rings. The number of amides is 1. The van der Waals surface area contributed by atoms with E-state index in [2.05, 4.69) is 0 Å². The summed E-state index contributed by atoms with van der Waals surface area (Å²) in [4.78, 5) is 36.3. The molecule has 0 aliphatic carbocycles. The summed E-state index contributed by atoms with van der Waals surface area (Å²) in [5, 5.41) is 20.1. The molecule has 10 heteroatoms. The highest BCUT2D eigenvalue weighted by Gasteiger charge is 2.34. The van der Waals surface area contributed by atoms with Crippen LogP contribution in [0.5, 0.6) is 0 Å². The lowest BCUT2D eigenvalue weighted by Crippen LogP contribution is -2.28. The maximum Gasteiger partial charge on any atom is 0.335 e. The number of nitro groups is 1. The minimum absolute atomic E-state index is 0.0218. The lowest BCUT2D eigenvalue weighted by molar-refractivity contribution is -0.384. The van der Waals surface area contributed by atoms with Crippen LogP contribution in [-0.2, 0) is 4.79 Å².